The third kappa shape index (κ3) is 3.55. The van der Waals surface area contributed by atoms with E-state index in [9.17, 15) is 5.11 Å². The molecule has 0 aliphatic carbocycles. The maximum Gasteiger partial charge on any atom is 0.231 e. The first-order valence-corrected chi connectivity index (χ1v) is 7.51. The summed E-state index contributed by atoms with van der Waals surface area (Å²) in [5, 5.41) is 10.4. The third-order valence-electron chi connectivity index (χ3n) is 3.55. The van der Waals surface area contributed by atoms with E-state index in [-0.39, 0.29) is 19.2 Å². The van der Waals surface area contributed by atoms with Crippen molar-refractivity contribution in [1.29, 1.82) is 0 Å². The van der Waals surface area contributed by atoms with Crippen LogP contribution in [0.5, 0.6) is 11.5 Å². The smallest absolute Gasteiger partial charge is 0.231 e. The molecule has 4 nitrogen and oxygen atoms in total. The van der Waals surface area contributed by atoms with E-state index in [0.29, 0.717) is 17.9 Å². The molecule has 1 aliphatic rings. The van der Waals surface area contributed by atoms with Gasteiger partial charge < -0.3 is 20.3 Å². The van der Waals surface area contributed by atoms with Crippen LogP contribution in [0.25, 0.3) is 0 Å². The molecule has 0 saturated heterocycles. The summed E-state index contributed by atoms with van der Waals surface area (Å²) in [6.45, 7) is 0.215. The number of fused-ring (bicyclic) bond motifs is 1. The Hall–Kier alpha value is -1.27. The molecule has 22 heavy (non-hydrogen) atoms. The van der Waals surface area contributed by atoms with Crippen molar-refractivity contribution >= 4 is 28.3 Å². The van der Waals surface area contributed by atoms with Crippen LogP contribution in [0.4, 0.5) is 0 Å². The van der Waals surface area contributed by atoms with Crippen LogP contribution >= 0.6 is 28.3 Å². The second-order valence-electron chi connectivity index (χ2n) is 5.01. The number of rotatable bonds is 4. The topological polar surface area (TPSA) is 64.7 Å². The SMILES string of the molecule is Cl.N[C@H](c1cc2c(cc1Br)OCO2)[C@@H](O)Cc1ccccc1. The minimum Gasteiger partial charge on any atom is -0.454 e. The third-order valence-corrected chi connectivity index (χ3v) is 4.24. The van der Waals surface area contributed by atoms with E-state index in [1.165, 1.54) is 0 Å². The van der Waals surface area contributed by atoms with Gasteiger partial charge in [-0.1, -0.05) is 46.3 Å². The first-order chi connectivity index (χ1) is 10.1. The molecule has 2 aromatic carbocycles. The summed E-state index contributed by atoms with van der Waals surface area (Å²) in [6.07, 6.45) is -0.174. The fourth-order valence-corrected chi connectivity index (χ4v) is 2.96. The molecule has 2 atom stereocenters. The number of nitrogens with two attached hydrogens (primary N) is 1. The lowest BCUT2D eigenvalue weighted by atomic mass is 9.96. The molecule has 0 aromatic heterocycles. The van der Waals surface area contributed by atoms with Crippen LogP contribution < -0.4 is 15.2 Å². The van der Waals surface area contributed by atoms with E-state index in [4.69, 9.17) is 15.2 Å². The number of ether oxygens (including phenoxy) is 2. The Morgan fingerprint density at radius 2 is 1.77 bits per heavy atom. The van der Waals surface area contributed by atoms with Crippen LogP contribution in [-0.4, -0.2) is 18.0 Å². The van der Waals surface area contributed by atoms with E-state index in [2.05, 4.69) is 15.9 Å². The lowest BCUT2D eigenvalue weighted by molar-refractivity contribution is 0.144. The van der Waals surface area contributed by atoms with Crippen molar-refractivity contribution in [3.05, 3.63) is 58.1 Å². The van der Waals surface area contributed by atoms with Crippen molar-refractivity contribution in [2.75, 3.05) is 6.79 Å². The van der Waals surface area contributed by atoms with Crippen molar-refractivity contribution in [1.82, 2.24) is 0 Å². The van der Waals surface area contributed by atoms with Gasteiger partial charge in [0.15, 0.2) is 11.5 Å². The average Bonchev–Trinajstić information content (AvgIpc) is 2.93. The van der Waals surface area contributed by atoms with Crippen LogP contribution in [0.2, 0.25) is 0 Å². The molecule has 0 amide bonds. The Balaban J connectivity index is 0.00000176. The molecule has 0 saturated carbocycles. The fourth-order valence-electron chi connectivity index (χ4n) is 2.38. The summed E-state index contributed by atoms with van der Waals surface area (Å²) in [4.78, 5) is 0. The first-order valence-electron chi connectivity index (χ1n) is 6.72. The molecule has 118 valence electrons. The summed E-state index contributed by atoms with van der Waals surface area (Å²) in [7, 11) is 0. The summed E-state index contributed by atoms with van der Waals surface area (Å²) < 4.78 is 11.5. The van der Waals surface area contributed by atoms with E-state index >= 15 is 0 Å². The van der Waals surface area contributed by atoms with Crippen molar-refractivity contribution < 1.29 is 14.6 Å². The summed E-state index contributed by atoms with van der Waals surface area (Å²) in [6, 6.07) is 12.9. The van der Waals surface area contributed by atoms with Crippen molar-refractivity contribution in [2.24, 2.45) is 5.73 Å². The Bertz CT molecular complexity index is 639. The highest BCUT2D eigenvalue weighted by molar-refractivity contribution is 9.10. The summed E-state index contributed by atoms with van der Waals surface area (Å²) in [5.41, 5.74) is 8.07. The van der Waals surface area contributed by atoms with Gasteiger partial charge in [0.05, 0.1) is 12.1 Å². The van der Waals surface area contributed by atoms with Crippen LogP contribution in [0.1, 0.15) is 17.2 Å². The highest BCUT2D eigenvalue weighted by atomic mass is 79.9. The lowest BCUT2D eigenvalue weighted by Gasteiger charge is -2.21. The average molecular weight is 387 g/mol. The largest absolute Gasteiger partial charge is 0.454 e. The molecule has 1 heterocycles. The minimum absolute atomic E-state index is 0. The normalized spacial score (nSPS) is 15.0. The summed E-state index contributed by atoms with van der Waals surface area (Å²) in [5.74, 6) is 1.35. The van der Waals surface area contributed by atoms with E-state index in [0.717, 1.165) is 15.6 Å². The van der Waals surface area contributed by atoms with Gasteiger partial charge in [0.25, 0.3) is 0 Å². The van der Waals surface area contributed by atoms with Gasteiger partial charge in [0, 0.05) is 10.9 Å². The van der Waals surface area contributed by atoms with Gasteiger partial charge in [-0.2, -0.15) is 0 Å². The zero-order valence-corrected chi connectivity index (χ0v) is 14.1. The maximum absolute atomic E-state index is 10.4. The highest BCUT2D eigenvalue weighted by Crippen LogP contribution is 2.39. The van der Waals surface area contributed by atoms with Crippen molar-refractivity contribution in [3.8, 4) is 11.5 Å². The zero-order valence-electron chi connectivity index (χ0n) is 11.7. The maximum atomic E-state index is 10.4. The molecule has 1 aliphatic heterocycles. The number of halogens is 2. The van der Waals surface area contributed by atoms with Gasteiger partial charge in [0.2, 0.25) is 6.79 Å². The predicted octanol–water partition coefficient (Wildman–Crippen LogP) is 3.20. The predicted molar refractivity (Wildman–Crippen MR) is 90.6 cm³/mol. The summed E-state index contributed by atoms with van der Waals surface area (Å²) >= 11 is 3.48. The molecule has 3 rings (SSSR count). The Morgan fingerprint density at radius 3 is 2.45 bits per heavy atom. The Labute approximate surface area is 143 Å². The van der Waals surface area contributed by atoms with Gasteiger partial charge >= 0.3 is 0 Å². The van der Waals surface area contributed by atoms with Gasteiger partial charge in [-0.15, -0.1) is 12.4 Å². The van der Waals surface area contributed by atoms with E-state index < -0.39 is 12.1 Å². The van der Waals surface area contributed by atoms with Gasteiger partial charge in [-0.05, 0) is 23.3 Å². The van der Waals surface area contributed by atoms with Crippen LogP contribution in [-0.2, 0) is 6.42 Å². The van der Waals surface area contributed by atoms with Gasteiger partial charge in [-0.3, -0.25) is 0 Å². The standard InChI is InChI=1S/C16H16BrNO3.ClH/c17-12-8-15-14(20-9-21-15)7-11(12)16(18)13(19)6-10-4-2-1-3-5-10;/h1-5,7-8,13,16,19H,6,9,18H2;1H/t13-,16+;/m0./s1. The second-order valence-corrected chi connectivity index (χ2v) is 5.86. The van der Waals surface area contributed by atoms with Crippen LogP contribution in [0.15, 0.2) is 46.9 Å². The number of hydrogen-bond donors (Lipinski definition) is 2. The zero-order chi connectivity index (χ0) is 14.8. The molecule has 0 radical (unpaired) electrons. The molecule has 3 N–H and O–H groups in total. The van der Waals surface area contributed by atoms with E-state index in [1.54, 1.807) is 0 Å². The monoisotopic (exact) mass is 385 g/mol. The lowest BCUT2D eigenvalue weighted by Crippen LogP contribution is -2.28. The van der Waals surface area contributed by atoms with Crippen LogP contribution in [0, 0.1) is 0 Å². The quantitative estimate of drug-likeness (QED) is 0.847. The molecule has 0 bridgehead atoms. The van der Waals surface area contributed by atoms with Crippen molar-refractivity contribution in [3.63, 3.8) is 0 Å². The van der Waals surface area contributed by atoms with E-state index in [1.807, 2.05) is 42.5 Å². The molecule has 6 heteroatoms. The number of benzene rings is 2. The number of aliphatic hydroxyl groups excluding tert-OH is 1. The minimum atomic E-state index is -0.677. The molecule has 0 fully saturated rings. The molecular weight excluding hydrogens is 370 g/mol. The Kier molecular flexibility index (Phi) is 5.69. The molecule has 0 unspecified atom stereocenters. The first kappa shape index (κ1) is 17.1. The number of aliphatic hydroxyl groups is 1. The molecule has 0 spiro atoms. The van der Waals surface area contributed by atoms with Crippen molar-refractivity contribution in [2.45, 2.75) is 18.6 Å². The Morgan fingerprint density at radius 1 is 1.14 bits per heavy atom. The molecular formula is C16H17BrClNO3. The highest BCUT2D eigenvalue weighted by Gasteiger charge is 2.23. The number of hydrogen-bond acceptors (Lipinski definition) is 4. The second kappa shape index (κ2) is 7.33. The van der Waals surface area contributed by atoms with Gasteiger partial charge in [0.1, 0.15) is 0 Å². The van der Waals surface area contributed by atoms with Gasteiger partial charge in [-0.25, -0.2) is 0 Å². The molecule has 2 aromatic rings. The van der Waals surface area contributed by atoms with Crippen LogP contribution in [0.3, 0.4) is 0 Å². The fraction of sp³-hybridized carbons (Fsp3) is 0.250.